The van der Waals surface area contributed by atoms with Crippen molar-refractivity contribution in [3.05, 3.63) is 0 Å². The fourth-order valence-electron chi connectivity index (χ4n) is 1.11. The molecule has 0 aromatic rings. The molecule has 0 aromatic heterocycles. The zero-order valence-corrected chi connectivity index (χ0v) is 9.18. The number of likely N-dealkylation sites (N-methyl/N-ethyl adjacent to an activating group) is 1. The molecule has 0 aromatic carbocycles. The predicted octanol–water partition coefficient (Wildman–Crippen LogP) is 1.64. The molecule has 0 aliphatic rings. The van der Waals surface area contributed by atoms with Gasteiger partial charge in [-0.3, -0.25) is 0 Å². The van der Waals surface area contributed by atoms with Crippen molar-refractivity contribution in [2.75, 3.05) is 19.6 Å². The van der Waals surface area contributed by atoms with Crippen molar-refractivity contribution in [1.29, 1.82) is 0 Å². The van der Waals surface area contributed by atoms with Crippen molar-refractivity contribution in [3.8, 4) is 0 Å². The van der Waals surface area contributed by atoms with Crippen molar-refractivity contribution >= 4 is 0 Å². The molecule has 1 radical (unpaired) electrons. The third kappa shape index (κ3) is 8.81. The summed E-state index contributed by atoms with van der Waals surface area (Å²) in [5.74, 6) is 0. The Morgan fingerprint density at radius 3 is 1.93 bits per heavy atom. The van der Waals surface area contributed by atoms with Gasteiger partial charge in [-0.2, -0.15) is 13.2 Å². The summed E-state index contributed by atoms with van der Waals surface area (Å²) in [5.41, 5.74) is 0. The van der Waals surface area contributed by atoms with E-state index >= 15 is 0 Å². The van der Waals surface area contributed by atoms with Gasteiger partial charge in [0.05, 0.1) is 12.5 Å². The van der Waals surface area contributed by atoms with Crippen molar-refractivity contribution in [3.63, 3.8) is 0 Å². The summed E-state index contributed by atoms with van der Waals surface area (Å²) in [4.78, 5) is 1.76. The Morgan fingerprint density at radius 1 is 1.21 bits per heavy atom. The van der Waals surface area contributed by atoms with E-state index in [1.807, 2.05) is 13.8 Å². The first kappa shape index (κ1) is 16.7. The van der Waals surface area contributed by atoms with Crippen LogP contribution < -0.4 is 0 Å². The molecular weight excluding hydrogens is 247 g/mol. The van der Waals surface area contributed by atoms with Crippen LogP contribution in [0.2, 0.25) is 0 Å². The van der Waals surface area contributed by atoms with E-state index in [1.165, 1.54) is 0 Å². The Morgan fingerprint density at radius 2 is 1.64 bits per heavy atom. The van der Waals surface area contributed by atoms with E-state index in [9.17, 15) is 13.2 Å². The van der Waals surface area contributed by atoms with Gasteiger partial charge in [-0.25, -0.2) is 0 Å². The number of hydrogen-bond acceptors (Lipinski definition) is 2. The average molecular weight is 263 g/mol. The van der Waals surface area contributed by atoms with Gasteiger partial charge >= 0.3 is 6.18 Å². The average Bonchev–Trinajstić information content (AvgIpc) is 1.96. The maximum Gasteiger partial charge on any atom is 0.391 e. The SMILES string of the molecule is CCN(CC)CC(O)CC(F)(F)F.[Cu]. The zero-order valence-electron chi connectivity index (χ0n) is 8.24. The Balaban J connectivity index is 0. The first-order chi connectivity index (χ1) is 5.89. The second kappa shape index (κ2) is 7.51. The molecular formula is C8H16CuF3NO. The minimum Gasteiger partial charge on any atom is -0.391 e. The molecule has 0 aliphatic heterocycles. The topological polar surface area (TPSA) is 23.5 Å². The van der Waals surface area contributed by atoms with Crippen molar-refractivity contribution in [1.82, 2.24) is 4.90 Å². The Kier molecular flexibility index (Phi) is 8.93. The second-order valence-corrected chi connectivity index (χ2v) is 2.96. The molecule has 14 heavy (non-hydrogen) atoms. The minimum atomic E-state index is -4.27. The van der Waals surface area contributed by atoms with E-state index in [2.05, 4.69) is 0 Å². The van der Waals surface area contributed by atoms with Crippen LogP contribution >= 0.6 is 0 Å². The molecule has 91 valence electrons. The molecule has 0 heterocycles. The maximum absolute atomic E-state index is 11.8. The van der Waals surface area contributed by atoms with Crippen LogP contribution in [0.1, 0.15) is 20.3 Å². The van der Waals surface area contributed by atoms with Gasteiger partial charge in [0.15, 0.2) is 0 Å². The van der Waals surface area contributed by atoms with Crippen LogP contribution in [-0.2, 0) is 17.1 Å². The molecule has 0 saturated heterocycles. The van der Waals surface area contributed by atoms with Crippen molar-refractivity contribution in [2.45, 2.75) is 32.5 Å². The number of nitrogens with zero attached hydrogens (tertiary/aromatic N) is 1. The summed E-state index contributed by atoms with van der Waals surface area (Å²) in [5, 5.41) is 9.06. The van der Waals surface area contributed by atoms with E-state index in [-0.39, 0.29) is 23.6 Å². The van der Waals surface area contributed by atoms with E-state index < -0.39 is 18.7 Å². The summed E-state index contributed by atoms with van der Waals surface area (Å²) >= 11 is 0. The molecule has 0 rings (SSSR count). The van der Waals surface area contributed by atoms with Gasteiger partial charge in [-0.15, -0.1) is 0 Å². The van der Waals surface area contributed by atoms with Crippen LogP contribution in [0.15, 0.2) is 0 Å². The van der Waals surface area contributed by atoms with E-state index in [0.717, 1.165) is 0 Å². The minimum absolute atomic E-state index is 0. The normalized spacial score (nSPS) is 13.9. The fourth-order valence-corrected chi connectivity index (χ4v) is 1.11. The largest absolute Gasteiger partial charge is 0.391 e. The first-order valence-corrected chi connectivity index (χ1v) is 4.36. The second-order valence-electron chi connectivity index (χ2n) is 2.96. The Labute approximate surface area is 92.9 Å². The smallest absolute Gasteiger partial charge is 0.391 e. The predicted molar refractivity (Wildman–Crippen MR) is 44.5 cm³/mol. The number of aliphatic hydroxyl groups excluding tert-OH is 1. The molecule has 2 nitrogen and oxygen atoms in total. The number of rotatable bonds is 5. The van der Waals surface area contributed by atoms with Gasteiger partial charge in [0.1, 0.15) is 0 Å². The summed E-state index contributed by atoms with van der Waals surface area (Å²) in [6.45, 7) is 5.11. The molecule has 1 unspecified atom stereocenters. The molecule has 0 saturated carbocycles. The standard InChI is InChI=1S/C8H16F3NO.Cu/c1-3-12(4-2)6-7(13)5-8(9,10)11;/h7,13H,3-6H2,1-2H3;. The summed E-state index contributed by atoms with van der Waals surface area (Å²) < 4.78 is 35.4. The molecule has 0 amide bonds. The van der Waals surface area contributed by atoms with Gasteiger partial charge < -0.3 is 10.0 Å². The van der Waals surface area contributed by atoms with E-state index in [1.54, 1.807) is 4.90 Å². The third-order valence-corrected chi connectivity index (χ3v) is 1.83. The quantitative estimate of drug-likeness (QED) is 0.762. The van der Waals surface area contributed by atoms with Crippen LogP contribution in [0.25, 0.3) is 0 Å². The van der Waals surface area contributed by atoms with Gasteiger partial charge in [0.2, 0.25) is 0 Å². The number of hydrogen-bond donors (Lipinski definition) is 1. The number of halogens is 3. The molecule has 0 fully saturated rings. The molecule has 0 spiro atoms. The summed E-state index contributed by atoms with van der Waals surface area (Å²) in [6.07, 6.45) is -6.70. The van der Waals surface area contributed by atoms with Gasteiger partial charge in [-0.05, 0) is 13.1 Å². The van der Waals surface area contributed by atoms with Crippen molar-refractivity contribution < 1.29 is 35.3 Å². The molecule has 1 N–H and O–H groups in total. The van der Waals surface area contributed by atoms with E-state index in [4.69, 9.17) is 5.11 Å². The van der Waals surface area contributed by atoms with Crippen molar-refractivity contribution in [2.24, 2.45) is 0 Å². The number of aliphatic hydroxyl groups is 1. The van der Waals surface area contributed by atoms with E-state index in [0.29, 0.717) is 13.1 Å². The van der Waals surface area contributed by atoms with Crippen LogP contribution in [0.5, 0.6) is 0 Å². The summed E-state index contributed by atoms with van der Waals surface area (Å²) in [6, 6.07) is 0. The van der Waals surface area contributed by atoms with Crippen LogP contribution in [-0.4, -0.2) is 41.9 Å². The van der Waals surface area contributed by atoms with Gasteiger partial charge in [0.25, 0.3) is 0 Å². The monoisotopic (exact) mass is 262 g/mol. The van der Waals surface area contributed by atoms with Crippen LogP contribution in [0, 0.1) is 0 Å². The first-order valence-electron chi connectivity index (χ1n) is 4.36. The Hall–Kier alpha value is 0.229. The Bertz CT molecular complexity index is 139. The maximum atomic E-state index is 11.8. The van der Waals surface area contributed by atoms with Crippen LogP contribution in [0.3, 0.4) is 0 Å². The fraction of sp³-hybridized carbons (Fsp3) is 1.00. The molecule has 1 atom stereocenters. The van der Waals surface area contributed by atoms with Gasteiger partial charge in [0, 0.05) is 23.6 Å². The molecule has 0 bridgehead atoms. The van der Waals surface area contributed by atoms with Gasteiger partial charge in [-0.1, -0.05) is 13.8 Å². The van der Waals surface area contributed by atoms with Crippen LogP contribution in [0.4, 0.5) is 13.2 Å². The third-order valence-electron chi connectivity index (χ3n) is 1.83. The summed E-state index contributed by atoms with van der Waals surface area (Å²) in [7, 11) is 0. The molecule has 0 aliphatic carbocycles. The number of alkyl halides is 3. The zero-order chi connectivity index (χ0) is 10.5. The molecule has 6 heteroatoms.